The first-order chi connectivity index (χ1) is 10.7. The van der Waals surface area contributed by atoms with Gasteiger partial charge in [-0.2, -0.15) is 0 Å². The van der Waals surface area contributed by atoms with Crippen molar-refractivity contribution in [1.29, 1.82) is 0 Å². The van der Waals surface area contributed by atoms with Gasteiger partial charge in [-0.1, -0.05) is 48.5 Å². The minimum Gasteiger partial charge on any atom is -0.425 e. The third-order valence-electron chi connectivity index (χ3n) is 3.45. The molecular formula is C19H17NO2. The third kappa shape index (κ3) is 3.26. The fraction of sp³-hybridized carbons (Fsp3) is 0.105. The largest absolute Gasteiger partial charge is 0.425 e. The Morgan fingerprint density at radius 1 is 0.909 bits per heavy atom. The quantitative estimate of drug-likeness (QED) is 0.577. The van der Waals surface area contributed by atoms with E-state index in [1.807, 2.05) is 72.8 Å². The van der Waals surface area contributed by atoms with Gasteiger partial charge in [-0.05, 0) is 42.0 Å². The molecule has 0 saturated carbocycles. The van der Waals surface area contributed by atoms with E-state index in [1.54, 1.807) is 6.92 Å². The lowest BCUT2D eigenvalue weighted by Gasteiger charge is -2.14. The molecule has 0 heterocycles. The summed E-state index contributed by atoms with van der Waals surface area (Å²) >= 11 is 0. The third-order valence-corrected chi connectivity index (χ3v) is 3.45. The number of hydrogen-bond acceptors (Lipinski definition) is 3. The van der Waals surface area contributed by atoms with Crippen LogP contribution in [-0.4, -0.2) is 12.0 Å². The second-order valence-electron chi connectivity index (χ2n) is 5.16. The van der Waals surface area contributed by atoms with Gasteiger partial charge < -0.3 is 10.1 Å². The molecule has 0 fully saturated rings. The van der Waals surface area contributed by atoms with Crippen molar-refractivity contribution in [3.63, 3.8) is 0 Å². The average Bonchev–Trinajstić information content (AvgIpc) is 2.55. The van der Waals surface area contributed by atoms with Gasteiger partial charge in [0.2, 0.25) is 0 Å². The number of nitrogens with one attached hydrogen (secondary N) is 1. The lowest BCUT2D eigenvalue weighted by atomic mass is 10.1. The van der Waals surface area contributed by atoms with E-state index in [0.29, 0.717) is 5.75 Å². The Hall–Kier alpha value is -2.81. The fourth-order valence-electron chi connectivity index (χ4n) is 2.28. The number of esters is 1. The zero-order valence-electron chi connectivity index (χ0n) is 12.3. The smallest absolute Gasteiger partial charge is 0.333 e. The van der Waals surface area contributed by atoms with Crippen LogP contribution in [0.3, 0.4) is 0 Å². The first kappa shape index (κ1) is 14.1. The van der Waals surface area contributed by atoms with E-state index in [-0.39, 0.29) is 5.97 Å². The summed E-state index contributed by atoms with van der Waals surface area (Å²) in [4.78, 5) is 12.2. The minimum atomic E-state index is -0.422. The molecule has 3 aromatic carbocycles. The van der Waals surface area contributed by atoms with Gasteiger partial charge in [0, 0.05) is 5.69 Å². The van der Waals surface area contributed by atoms with E-state index in [2.05, 4.69) is 5.32 Å². The highest BCUT2D eigenvalue weighted by Gasteiger charge is 2.15. The summed E-state index contributed by atoms with van der Waals surface area (Å²) in [6, 6.07) is 22.8. The van der Waals surface area contributed by atoms with Crippen LogP contribution in [0.4, 0.5) is 5.69 Å². The molecule has 1 N–H and O–H groups in total. The molecule has 3 nitrogen and oxygen atoms in total. The first-order valence-electron chi connectivity index (χ1n) is 7.24. The molecule has 3 aromatic rings. The SMILES string of the molecule is CC(Nc1ccccc1)C(=O)Oc1ccc2ccccc2c1. The Morgan fingerprint density at radius 3 is 2.36 bits per heavy atom. The maximum absolute atomic E-state index is 12.2. The summed E-state index contributed by atoms with van der Waals surface area (Å²) in [5.41, 5.74) is 0.894. The first-order valence-corrected chi connectivity index (χ1v) is 7.24. The van der Waals surface area contributed by atoms with Gasteiger partial charge in [0.1, 0.15) is 11.8 Å². The van der Waals surface area contributed by atoms with E-state index in [4.69, 9.17) is 4.74 Å². The van der Waals surface area contributed by atoms with Crippen LogP contribution in [0.1, 0.15) is 6.92 Å². The van der Waals surface area contributed by atoms with E-state index in [9.17, 15) is 4.79 Å². The standard InChI is InChI=1S/C19H17NO2/c1-14(20-17-9-3-2-4-10-17)19(21)22-18-12-11-15-7-5-6-8-16(15)13-18/h2-14,20H,1H3. The van der Waals surface area contributed by atoms with Crippen molar-refractivity contribution < 1.29 is 9.53 Å². The van der Waals surface area contributed by atoms with Crippen molar-refractivity contribution in [2.45, 2.75) is 13.0 Å². The Bertz CT molecular complexity index is 784. The molecule has 0 amide bonds. The van der Waals surface area contributed by atoms with Gasteiger partial charge in [0.25, 0.3) is 0 Å². The molecular weight excluding hydrogens is 274 g/mol. The number of benzene rings is 3. The van der Waals surface area contributed by atoms with Crippen molar-refractivity contribution in [2.24, 2.45) is 0 Å². The van der Waals surface area contributed by atoms with Gasteiger partial charge in [0.05, 0.1) is 0 Å². The molecule has 0 aliphatic carbocycles. The molecule has 0 aliphatic heterocycles. The van der Waals surface area contributed by atoms with Crippen molar-refractivity contribution in [2.75, 3.05) is 5.32 Å². The molecule has 22 heavy (non-hydrogen) atoms. The van der Waals surface area contributed by atoms with Crippen molar-refractivity contribution in [3.05, 3.63) is 72.8 Å². The number of fused-ring (bicyclic) bond motifs is 1. The van der Waals surface area contributed by atoms with Crippen LogP contribution in [0.2, 0.25) is 0 Å². The van der Waals surface area contributed by atoms with Crippen LogP contribution in [0, 0.1) is 0 Å². The Balaban J connectivity index is 1.69. The molecule has 1 unspecified atom stereocenters. The summed E-state index contributed by atoms with van der Waals surface area (Å²) in [5, 5.41) is 5.30. The molecule has 1 atom stereocenters. The van der Waals surface area contributed by atoms with Crippen molar-refractivity contribution in [1.82, 2.24) is 0 Å². The predicted octanol–water partition coefficient (Wildman–Crippen LogP) is 4.25. The predicted molar refractivity (Wildman–Crippen MR) is 89.1 cm³/mol. The minimum absolute atomic E-state index is 0.306. The lowest BCUT2D eigenvalue weighted by molar-refractivity contribution is -0.134. The highest BCUT2D eigenvalue weighted by atomic mass is 16.5. The van der Waals surface area contributed by atoms with E-state index < -0.39 is 6.04 Å². The number of hydrogen-bond donors (Lipinski definition) is 1. The molecule has 0 radical (unpaired) electrons. The zero-order chi connectivity index (χ0) is 15.4. The van der Waals surface area contributed by atoms with Gasteiger partial charge in [0.15, 0.2) is 0 Å². The Labute approximate surface area is 129 Å². The van der Waals surface area contributed by atoms with Crippen LogP contribution in [0.5, 0.6) is 5.75 Å². The average molecular weight is 291 g/mol. The van der Waals surface area contributed by atoms with Crippen LogP contribution < -0.4 is 10.1 Å². The van der Waals surface area contributed by atoms with Crippen LogP contribution >= 0.6 is 0 Å². The summed E-state index contributed by atoms with van der Waals surface area (Å²) in [7, 11) is 0. The number of carbonyl (C=O) groups is 1. The van der Waals surface area contributed by atoms with Gasteiger partial charge >= 0.3 is 5.97 Å². The number of rotatable bonds is 4. The van der Waals surface area contributed by atoms with Gasteiger partial charge in [-0.25, -0.2) is 4.79 Å². The molecule has 3 rings (SSSR count). The number of para-hydroxylation sites is 1. The number of anilines is 1. The van der Waals surface area contributed by atoms with Gasteiger partial charge in [-0.3, -0.25) is 0 Å². The lowest BCUT2D eigenvalue weighted by Crippen LogP contribution is -2.30. The molecule has 110 valence electrons. The van der Waals surface area contributed by atoms with E-state index in [0.717, 1.165) is 16.5 Å². The van der Waals surface area contributed by atoms with Crippen molar-refractivity contribution in [3.8, 4) is 5.75 Å². The van der Waals surface area contributed by atoms with Gasteiger partial charge in [-0.15, -0.1) is 0 Å². The normalized spacial score (nSPS) is 11.9. The summed E-state index contributed by atoms with van der Waals surface area (Å²) in [6.45, 7) is 1.79. The molecule has 3 heteroatoms. The van der Waals surface area contributed by atoms with Crippen LogP contribution in [0.25, 0.3) is 10.8 Å². The Kier molecular flexibility index (Phi) is 4.05. The topological polar surface area (TPSA) is 38.3 Å². The summed E-state index contributed by atoms with van der Waals surface area (Å²) in [6.07, 6.45) is 0. The molecule has 0 spiro atoms. The van der Waals surface area contributed by atoms with Crippen LogP contribution in [0.15, 0.2) is 72.8 Å². The van der Waals surface area contributed by atoms with Crippen molar-refractivity contribution >= 4 is 22.4 Å². The molecule has 0 aromatic heterocycles. The number of carbonyl (C=O) groups excluding carboxylic acids is 1. The summed E-state index contributed by atoms with van der Waals surface area (Å²) < 4.78 is 5.46. The number of ether oxygens (including phenoxy) is 1. The second kappa shape index (κ2) is 6.31. The highest BCUT2D eigenvalue weighted by molar-refractivity contribution is 5.86. The van der Waals surface area contributed by atoms with E-state index >= 15 is 0 Å². The fourth-order valence-corrected chi connectivity index (χ4v) is 2.28. The zero-order valence-corrected chi connectivity index (χ0v) is 12.3. The molecule has 0 bridgehead atoms. The monoisotopic (exact) mass is 291 g/mol. The highest BCUT2D eigenvalue weighted by Crippen LogP contribution is 2.21. The Morgan fingerprint density at radius 2 is 1.59 bits per heavy atom. The molecule has 0 saturated heterocycles. The second-order valence-corrected chi connectivity index (χ2v) is 5.16. The molecule has 0 aliphatic rings. The maximum atomic E-state index is 12.2. The van der Waals surface area contributed by atoms with Crippen LogP contribution in [-0.2, 0) is 4.79 Å². The van der Waals surface area contributed by atoms with E-state index in [1.165, 1.54) is 0 Å². The maximum Gasteiger partial charge on any atom is 0.333 e. The summed E-state index contributed by atoms with van der Waals surface area (Å²) in [5.74, 6) is 0.254.